The van der Waals surface area contributed by atoms with Gasteiger partial charge in [0.15, 0.2) is 5.58 Å². The molecule has 0 radical (unpaired) electrons. The first kappa shape index (κ1) is 15.8. The number of rotatable bonds is 1. The van der Waals surface area contributed by atoms with Gasteiger partial charge in [-0.05, 0) is 76.6 Å². The molecule has 1 aliphatic rings. The fourth-order valence-electron chi connectivity index (χ4n) is 3.81. The third-order valence-electron chi connectivity index (χ3n) is 5.09. The quantitative estimate of drug-likeness (QED) is 0.524. The minimum Gasteiger partial charge on any atom is -0.408 e. The van der Waals surface area contributed by atoms with Gasteiger partial charge in [-0.15, -0.1) is 0 Å². The second-order valence-corrected chi connectivity index (χ2v) is 6.79. The highest BCUT2D eigenvalue weighted by Gasteiger charge is 2.18. The van der Waals surface area contributed by atoms with Crippen LogP contribution >= 0.6 is 0 Å². The van der Waals surface area contributed by atoms with Gasteiger partial charge in [-0.3, -0.25) is 4.98 Å². The van der Waals surface area contributed by atoms with Crippen LogP contribution in [0.4, 0.5) is 4.39 Å². The Bertz CT molecular complexity index is 1260. The number of nitrogens with one attached hydrogen (secondary N) is 1. The molecule has 3 aromatic carbocycles. The molecule has 0 bridgehead atoms. The maximum absolute atomic E-state index is 14.0. The van der Waals surface area contributed by atoms with Crippen LogP contribution in [-0.2, 0) is 12.8 Å². The number of benzene rings is 3. The topological polar surface area (TPSA) is 46.0 Å². The van der Waals surface area contributed by atoms with E-state index in [9.17, 15) is 9.18 Å². The van der Waals surface area contributed by atoms with E-state index in [1.807, 2.05) is 36.4 Å². The molecule has 0 atom stereocenters. The van der Waals surface area contributed by atoms with Crippen molar-refractivity contribution >= 4 is 22.7 Å². The number of aromatic nitrogens is 1. The van der Waals surface area contributed by atoms with Gasteiger partial charge in [0.25, 0.3) is 0 Å². The van der Waals surface area contributed by atoms with E-state index in [0.717, 1.165) is 40.7 Å². The molecule has 1 N–H and O–H groups in total. The first-order valence-electron chi connectivity index (χ1n) is 8.89. The summed E-state index contributed by atoms with van der Waals surface area (Å²) >= 11 is 0. The van der Waals surface area contributed by atoms with Gasteiger partial charge in [0.2, 0.25) is 0 Å². The molecule has 1 aliphatic carbocycles. The standard InChI is InChI=1S/C23H16FNO2/c24-17-9-8-16-7-6-15-3-1-2-4-18(15)20(19(16)13-17)11-14-5-10-22-21(12-14)25-23(26)27-22/h1-5,8-13H,6-7H2,(H,25,26)/b20-11-. The van der Waals surface area contributed by atoms with Crippen molar-refractivity contribution < 1.29 is 8.81 Å². The Morgan fingerprint density at radius 2 is 1.74 bits per heavy atom. The highest BCUT2D eigenvalue weighted by Crippen LogP contribution is 2.35. The van der Waals surface area contributed by atoms with E-state index in [-0.39, 0.29) is 5.82 Å². The van der Waals surface area contributed by atoms with Crippen LogP contribution in [0.5, 0.6) is 0 Å². The van der Waals surface area contributed by atoms with Crippen LogP contribution < -0.4 is 5.76 Å². The van der Waals surface area contributed by atoms with Crippen LogP contribution in [0.1, 0.15) is 27.8 Å². The molecule has 0 aliphatic heterocycles. The minimum absolute atomic E-state index is 0.242. The van der Waals surface area contributed by atoms with E-state index >= 15 is 0 Å². The predicted octanol–water partition coefficient (Wildman–Crippen LogP) is 4.95. The highest BCUT2D eigenvalue weighted by atomic mass is 19.1. The molecule has 0 spiro atoms. The normalized spacial score (nSPS) is 14.8. The summed E-state index contributed by atoms with van der Waals surface area (Å²) in [6.45, 7) is 0. The van der Waals surface area contributed by atoms with Gasteiger partial charge in [-0.25, -0.2) is 9.18 Å². The van der Waals surface area contributed by atoms with Gasteiger partial charge in [-0.1, -0.05) is 36.4 Å². The predicted molar refractivity (Wildman–Crippen MR) is 104 cm³/mol. The zero-order valence-corrected chi connectivity index (χ0v) is 14.5. The first-order chi connectivity index (χ1) is 13.2. The molecule has 4 heteroatoms. The van der Waals surface area contributed by atoms with Crippen LogP contribution in [0.2, 0.25) is 0 Å². The molecular formula is C23H16FNO2. The van der Waals surface area contributed by atoms with Gasteiger partial charge in [-0.2, -0.15) is 0 Å². The number of halogens is 1. The Balaban J connectivity index is 1.76. The van der Waals surface area contributed by atoms with Crippen LogP contribution in [0.3, 0.4) is 0 Å². The lowest BCUT2D eigenvalue weighted by molar-refractivity contribution is 0.555. The Morgan fingerprint density at radius 3 is 2.63 bits per heavy atom. The average Bonchev–Trinajstić information content (AvgIpc) is 2.97. The van der Waals surface area contributed by atoms with Gasteiger partial charge >= 0.3 is 5.76 Å². The van der Waals surface area contributed by atoms with E-state index in [2.05, 4.69) is 17.1 Å². The maximum Gasteiger partial charge on any atom is 0.417 e. The second-order valence-electron chi connectivity index (χ2n) is 6.79. The number of aromatic amines is 1. The highest BCUT2D eigenvalue weighted by molar-refractivity contribution is 5.95. The molecule has 4 aromatic rings. The number of hydrogen-bond acceptors (Lipinski definition) is 2. The Morgan fingerprint density at radius 1 is 0.926 bits per heavy atom. The summed E-state index contributed by atoms with van der Waals surface area (Å²) in [5, 5.41) is 0. The summed E-state index contributed by atoms with van der Waals surface area (Å²) in [6, 6.07) is 18.8. The summed E-state index contributed by atoms with van der Waals surface area (Å²) in [4.78, 5) is 14.1. The molecular weight excluding hydrogens is 341 g/mol. The van der Waals surface area contributed by atoms with Crippen molar-refractivity contribution in [2.75, 3.05) is 0 Å². The molecule has 27 heavy (non-hydrogen) atoms. The average molecular weight is 357 g/mol. The van der Waals surface area contributed by atoms with E-state index in [1.165, 1.54) is 11.6 Å². The van der Waals surface area contributed by atoms with E-state index < -0.39 is 5.76 Å². The van der Waals surface area contributed by atoms with Crippen molar-refractivity contribution in [1.82, 2.24) is 4.98 Å². The van der Waals surface area contributed by atoms with E-state index in [0.29, 0.717) is 11.1 Å². The fourth-order valence-corrected chi connectivity index (χ4v) is 3.81. The lowest BCUT2D eigenvalue weighted by Gasteiger charge is -2.12. The van der Waals surface area contributed by atoms with Gasteiger partial charge in [0.05, 0.1) is 5.52 Å². The van der Waals surface area contributed by atoms with Crippen LogP contribution in [0, 0.1) is 5.82 Å². The van der Waals surface area contributed by atoms with Crippen LogP contribution in [0.25, 0.3) is 22.7 Å². The van der Waals surface area contributed by atoms with E-state index in [4.69, 9.17) is 4.42 Å². The molecule has 132 valence electrons. The van der Waals surface area contributed by atoms with Crippen molar-refractivity contribution in [3.05, 3.63) is 105 Å². The summed E-state index contributed by atoms with van der Waals surface area (Å²) in [7, 11) is 0. The monoisotopic (exact) mass is 357 g/mol. The lowest BCUT2D eigenvalue weighted by atomic mass is 9.92. The van der Waals surface area contributed by atoms with Crippen LogP contribution in [-0.4, -0.2) is 4.98 Å². The summed E-state index contributed by atoms with van der Waals surface area (Å²) in [5.41, 5.74) is 7.49. The largest absolute Gasteiger partial charge is 0.417 e. The summed E-state index contributed by atoms with van der Waals surface area (Å²) in [5.74, 6) is -0.712. The number of oxazole rings is 1. The Kier molecular flexibility index (Phi) is 3.57. The zero-order valence-electron chi connectivity index (χ0n) is 14.5. The third-order valence-corrected chi connectivity index (χ3v) is 5.09. The molecule has 0 amide bonds. The molecule has 1 heterocycles. The molecule has 0 fully saturated rings. The SMILES string of the molecule is O=c1[nH]c2cc(/C=C3/c4ccccc4CCc4ccc(F)cc43)ccc2o1. The van der Waals surface area contributed by atoms with E-state index in [1.54, 1.807) is 12.1 Å². The smallest absolute Gasteiger partial charge is 0.408 e. The molecule has 0 unspecified atom stereocenters. The minimum atomic E-state index is -0.470. The van der Waals surface area contributed by atoms with Gasteiger partial charge in [0, 0.05) is 0 Å². The fraction of sp³-hybridized carbons (Fsp3) is 0.0870. The summed E-state index contributed by atoms with van der Waals surface area (Å²) in [6.07, 6.45) is 3.84. The number of hydrogen-bond donors (Lipinski definition) is 1. The van der Waals surface area contributed by atoms with Crippen molar-refractivity contribution in [3.63, 3.8) is 0 Å². The summed E-state index contributed by atoms with van der Waals surface area (Å²) < 4.78 is 19.1. The number of fused-ring (bicyclic) bond motifs is 3. The lowest BCUT2D eigenvalue weighted by Crippen LogP contribution is -1.94. The first-order valence-corrected chi connectivity index (χ1v) is 8.89. The molecule has 3 nitrogen and oxygen atoms in total. The third kappa shape index (κ3) is 2.79. The second kappa shape index (κ2) is 6.09. The Hall–Kier alpha value is -3.40. The van der Waals surface area contributed by atoms with Crippen molar-refractivity contribution in [1.29, 1.82) is 0 Å². The van der Waals surface area contributed by atoms with Crippen LogP contribution in [0.15, 0.2) is 69.9 Å². The molecule has 5 rings (SSSR count). The molecule has 0 saturated heterocycles. The van der Waals surface area contributed by atoms with Crippen molar-refractivity contribution in [3.8, 4) is 0 Å². The van der Waals surface area contributed by atoms with Crippen molar-refractivity contribution in [2.24, 2.45) is 0 Å². The number of aryl methyl sites for hydroxylation is 2. The van der Waals surface area contributed by atoms with Gasteiger partial charge in [0.1, 0.15) is 5.82 Å². The maximum atomic E-state index is 14.0. The van der Waals surface area contributed by atoms with Crippen molar-refractivity contribution in [2.45, 2.75) is 12.8 Å². The Labute approximate surface area is 154 Å². The zero-order chi connectivity index (χ0) is 18.4. The molecule has 0 saturated carbocycles. The molecule has 1 aromatic heterocycles. The van der Waals surface area contributed by atoms with Gasteiger partial charge < -0.3 is 4.42 Å². The number of H-pyrrole nitrogens is 1.